The standard InChI is InChI=1S/C19H22ClN7O6S3/c1-19(2,3)27-16-10(7-23-27)17(29)26-9(8-34-18(26)25-16)4-15(28)24-12-5-11(20)13(35(21,30)31)6-14(12)36(22,32)33/h5-7,9H,4,8H2,1-3H3,(H,24,28)(H2,21,30,31)(H2,22,32,33). The molecular weight excluding hydrogens is 554 g/mol. The summed E-state index contributed by atoms with van der Waals surface area (Å²) in [5.41, 5.74) is -0.625. The molecule has 1 aliphatic heterocycles. The van der Waals surface area contributed by atoms with Crippen molar-refractivity contribution >= 4 is 66.0 Å². The Morgan fingerprint density at radius 3 is 2.42 bits per heavy atom. The van der Waals surface area contributed by atoms with Crippen LogP contribution in [0, 0.1) is 0 Å². The first-order valence-electron chi connectivity index (χ1n) is 10.3. The summed E-state index contributed by atoms with van der Waals surface area (Å²) in [6.45, 7) is 5.80. The molecule has 0 spiro atoms. The third-order valence-electron chi connectivity index (χ3n) is 5.35. The molecule has 3 aromatic rings. The summed E-state index contributed by atoms with van der Waals surface area (Å²) >= 11 is 7.26. The average Bonchev–Trinajstić information content (AvgIpc) is 3.31. The van der Waals surface area contributed by atoms with Gasteiger partial charge in [0.25, 0.3) is 5.56 Å². The molecule has 3 heterocycles. The quantitative estimate of drug-likeness (QED) is 0.370. The molecule has 0 fully saturated rings. The number of hydrogen-bond acceptors (Lipinski definition) is 9. The molecule has 4 rings (SSSR count). The van der Waals surface area contributed by atoms with Gasteiger partial charge in [-0.3, -0.25) is 14.2 Å². The summed E-state index contributed by atoms with van der Waals surface area (Å²) in [7, 11) is -8.83. The molecule has 36 heavy (non-hydrogen) atoms. The second-order valence-electron chi connectivity index (χ2n) is 9.12. The minimum absolute atomic E-state index is 0.209. The first-order chi connectivity index (χ1) is 16.5. The highest BCUT2D eigenvalue weighted by molar-refractivity contribution is 7.99. The smallest absolute Gasteiger partial charge is 0.265 e. The van der Waals surface area contributed by atoms with E-state index in [-0.39, 0.29) is 17.7 Å². The van der Waals surface area contributed by atoms with Crippen LogP contribution >= 0.6 is 23.4 Å². The zero-order valence-electron chi connectivity index (χ0n) is 19.2. The number of rotatable bonds is 5. The molecular formula is C19H22ClN7O6S3. The number of hydrogen-bond donors (Lipinski definition) is 3. The van der Waals surface area contributed by atoms with Crippen molar-refractivity contribution in [2.75, 3.05) is 11.1 Å². The molecule has 17 heteroatoms. The number of carbonyl (C=O) groups is 1. The number of sulfonamides is 2. The van der Waals surface area contributed by atoms with E-state index >= 15 is 0 Å². The normalized spacial score (nSPS) is 16.3. The molecule has 0 bridgehead atoms. The summed E-state index contributed by atoms with van der Waals surface area (Å²) in [6, 6.07) is 1.04. The van der Waals surface area contributed by atoms with Gasteiger partial charge in [0.1, 0.15) is 15.2 Å². The maximum atomic E-state index is 13.2. The number of nitrogens with one attached hydrogen (secondary N) is 1. The van der Waals surface area contributed by atoms with Gasteiger partial charge in [-0.05, 0) is 32.9 Å². The van der Waals surface area contributed by atoms with E-state index in [1.165, 1.54) is 22.5 Å². The van der Waals surface area contributed by atoms with Gasteiger partial charge in [-0.1, -0.05) is 23.4 Å². The lowest BCUT2D eigenvalue weighted by molar-refractivity contribution is -0.116. The zero-order chi connectivity index (χ0) is 26.8. The van der Waals surface area contributed by atoms with Crippen LogP contribution in [0.1, 0.15) is 33.2 Å². The number of carbonyl (C=O) groups excluding carboxylic acids is 1. The van der Waals surface area contributed by atoms with Gasteiger partial charge in [0.05, 0.1) is 28.5 Å². The fourth-order valence-corrected chi connectivity index (χ4v) is 6.78. The number of amides is 1. The second-order valence-corrected chi connectivity index (χ2v) is 13.6. The van der Waals surface area contributed by atoms with Gasteiger partial charge in [-0.2, -0.15) is 5.10 Å². The van der Waals surface area contributed by atoms with E-state index in [2.05, 4.69) is 15.4 Å². The molecule has 1 aromatic carbocycles. The molecule has 0 aliphatic carbocycles. The summed E-state index contributed by atoms with van der Waals surface area (Å²) in [5.74, 6) is -0.284. The van der Waals surface area contributed by atoms with E-state index in [0.717, 1.165) is 6.07 Å². The van der Waals surface area contributed by atoms with E-state index in [0.29, 0.717) is 28.0 Å². The van der Waals surface area contributed by atoms with Crippen LogP contribution in [0.4, 0.5) is 5.69 Å². The van der Waals surface area contributed by atoms with Crippen molar-refractivity contribution in [2.45, 2.75) is 53.7 Å². The van der Waals surface area contributed by atoms with Gasteiger partial charge in [0.2, 0.25) is 26.0 Å². The first kappa shape index (κ1) is 26.6. The number of thioether (sulfide) groups is 1. The molecule has 1 amide bonds. The summed E-state index contributed by atoms with van der Waals surface area (Å²) < 4.78 is 50.6. The summed E-state index contributed by atoms with van der Waals surface area (Å²) in [4.78, 5) is 29.3. The van der Waals surface area contributed by atoms with Gasteiger partial charge in [-0.15, -0.1) is 0 Å². The topological polar surface area (TPSA) is 202 Å². The molecule has 1 aliphatic rings. The molecule has 1 atom stereocenters. The molecule has 0 radical (unpaired) electrons. The van der Waals surface area contributed by atoms with Crippen LogP contribution in [0.25, 0.3) is 11.0 Å². The molecule has 0 saturated heterocycles. The van der Waals surface area contributed by atoms with Crippen LogP contribution in [0.3, 0.4) is 0 Å². The van der Waals surface area contributed by atoms with Crippen LogP contribution in [0.5, 0.6) is 0 Å². The van der Waals surface area contributed by atoms with Crippen LogP contribution in [0.2, 0.25) is 5.02 Å². The van der Waals surface area contributed by atoms with E-state index in [1.54, 1.807) is 4.68 Å². The van der Waals surface area contributed by atoms with Crippen molar-refractivity contribution in [3.05, 3.63) is 33.7 Å². The number of nitrogens with zero attached hydrogens (tertiary/aromatic N) is 4. The Morgan fingerprint density at radius 1 is 1.19 bits per heavy atom. The Hall–Kier alpha value is -2.50. The largest absolute Gasteiger partial charge is 0.325 e. The van der Waals surface area contributed by atoms with Gasteiger partial charge in [-0.25, -0.2) is 36.8 Å². The van der Waals surface area contributed by atoms with Crippen LogP contribution in [0.15, 0.2) is 38.1 Å². The highest BCUT2D eigenvalue weighted by atomic mass is 35.5. The van der Waals surface area contributed by atoms with Gasteiger partial charge < -0.3 is 5.32 Å². The Bertz CT molecular complexity index is 1690. The number of anilines is 1. The first-order valence-corrected chi connectivity index (χ1v) is 14.8. The lowest BCUT2D eigenvalue weighted by atomic mass is 10.1. The number of benzene rings is 1. The van der Waals surface area contributed by atoms with Gasteiger partial charge >= 0.3 is 0 Å². The lowest BCUT2D eigenvalue weighted by Gasteiger charge is -2.20. The van der Waals surface area contributed by atoms with Crippen molar-refractivity contribution in [3.63, 3.8) is 0 Å². The minimum Gasteiger partial charge on any atom is -0.325 e. The fourth-order valence-electron chi connectivity index (χ4n) is 3.77. The van der Waals surface area contributed by atoms with E-state index < -0.39 is 52.3 Å². The summed E-state index contributed by atoms with van der Waals surface area (Å²) in [6.07, 6.45) is 1.23. The Morgan fingerprint density at radius 2 is 1.83 bits per heavy atom. The second kappa shape index (κ2) is 8.81. The zero-order valence-corrected chi connectivity index (χ0v) is 22.4. The molecule has 5 N–H and O–H groups in total. The fraction of sp³-hybridized carbons (Fsp3) is 0.368. The average molecular weight is 576 g/mol. The third-order valence-corrected chi connectivity index (χ3v) is 8.77. The van der Waals surface area contributed by atoms with Crippen molar-refractivity contribution in [1.29, 1.82) is 0 Å². The van der Waals surface area contributed by atoms with Gasteiger partial charge in [0.15, 0.2) is 10.8 Å². The van der Waals surface area contributed by atoms with Gasteiger partial charge in [0, 0.05) is 12.2 Å². The Balaban J connectivity index is 1.66. The van der Waals surface area contributed by atoms with E-state index in [9.17, 15) is 26.4 Å². The molecule has 2 aromatic heterocycles. The molecule has 13 nitrogen and oxygen atoms in total. The van der Waals surface area contributed by atoms with Crippen molar-refractivity contribution in [2.24, 2.45) is 10.3 Å². The van der Waals surface area contributed by atoms with Crippen LogP contribution in [-0.4, -0.2) is 47.8 Å². The number of fused-ring (bicyclic) bond motifs is 2. The van der Waals surface area contributed by atoms with E-state index in [4.69, 9.17) is 21.9 Å². The number of aromatic nitrogens is 4. The summed E-state index contributed by atoms with van der Waals surface area (Å²) in [5, 5.41) is 17.3. The highest BCUT2D eigenvalue weighted by Gasteiger charge is 2.31. The molecule has 194 valence electrons. The van der Waals surface area contributed by atoms with Crippen molar-refractivity contribution < 1.29 is 21.6 Å². The highest BCUT2D eigenvalue weighted by Crippen LogP contribution is 2.35. The number of halogens is 1. The maximum absolute atomic E-state index is 13.2. The Labute approximate surface area is 215 Å². The SMILES string of the molecule is CC(C)(C)n1ncc2c(=O)n3c(nc21)SCC3CC(=O)Nc1cc(Cl)c(S(N)(=O)=O)cc1S(N)(=O)=O. The predicted octanol–water partition coefficient (Wildman–Crippen LogP) is 0.972. The van der Waals surface area contributed by atoms with Crippen molar-refractivity contribution in [3.8, 4) is 0 Å². The lowest BCUT2D eigenvalue weighted by Crippen LogP contribution is -2.29. The number of nitrogens with two attached hydrogens (primary N) is 2. The third kappa shape index (κ3) is 4.88. The molecule has 1 unspecified atom stereocenters. The van der Waals surface area contributed by atoms with Crippen molar-refractivity contribution in [1.82, 2.24) is 19.3 Å². The monoisotopic (exact) mass is 575 g/mol. The maximum Gasteiger partial charge on any atom is 0.265 e. The minimum atomic E-state index is -4.47. The predicted molar refractivity (Wildman–Crippen MR) is 134 cm³/mol. The van der Waals surface area contributed by atoms with Crippen LogP contribution < -0.4 is 21.2 Å². The number of primary sulfonamides is 2. The van der Waals surface area contributed by atoms with E-state index in [1.807, 2.05) is 20.8 Å². The van der Waals surface area contributed by atoms with Crippen LogP contribution in [-0.2, 0) is 30.4 Å². The molecule has 0 saturated carbocycles. The Kier molecular flexibility index (Phi) is 6.50.